The SMILES string of the molecule is O=C(NCCc1nc(-c2ccc(Cl)cc2)n[nH]1)c1cccc(-c2noc(C(F)(F)F)n2)c1. The van der Waals surface area contributed by atoms with Gasteiger partial charge >= 0.3 is 12.1 Å². The predicted molar refractivity (Wildman–Crippen MR) is 108 cm³/mol. The van der Waals surface area contributed by atoms with E-state index in [4.69, 9.17) is 11.6 Å². The van der Waals surface area contributed by atoms with E-state index in [9.17, 15) is 18.0 Å². The van der Waals surface area contributed by atoms with E-state index in [2.05, 4.69) is 35.2 Å². The first-order chi connectivity index (χ1) is 15.3. The zero-order chi connectivity index (χ0) is 22.7. The third kappa shape index (κ3) is 4.94. The predicted octanol–water partition coefficient (Wildman–Crippen LogP) is 4.17. The summed E-state index contributed by atoms with van der Waals surface area (Å²) in [6.45, 7) is 0.263. The molecule has 0 radical (unpaired) electrons. The maximum Gasteiger partial charge on any atom is 0.471 e. The van der Waals surface area contributed by atoms with Crippen molar-refractivity contribution in [1.29, 1.82) is 0 Å². The van der Waals surface area contributed by atoms with Gasteiger partial charge in [-0.05, 0) is 36.4 Å². The molecule has 0 atom stereocenters. The number of nitrogens with zero attached hydrogens (tertiary/aromatic N) is 4. The van der Waals surface area contributed by atoms with Crippen molar-refractivity contribution in [2.45, 2.75) is 12.6 Å². The number of halogens is 4. The molecule has 0 spiro atoms. The average Bonchev–Trinajstić information content (AvgIpc) is 3.44. The van der Waals surface area contributed by atoms with Gasteiger partial charge in [0.15, 0.2) is 5.82 Å². The number of carbonyl (C=O) groups is 1. The monoisotopic (exact) mass is 462 g/mol. The summed E-state index contributed by atoms with van der Waals surface area (Å²) in [6, 6.07) is 13.0. The lowest BCUT2D eigenvalue weighted by atomic mass is 10.1. The van der Waals surface area contributed by atoms with Gasteiger partial charge in [-0.15, -0.1) is 0 Å². The quantitative estimate of drug-likeness (QED) is 0.445. The molecule has 4 aromatic rings. The summed E-state index contributed by atoms with van der Waals surface area (Å²) in [4.78, 5) is 20.1. The van der Waals surface area contributed by atoms with Gasteiger partial charge in [-0.2, -0.15) is 23.3 Å². The summed E-state index contributed by atoms with van der Waals surface area (Å²) in [7, 11) is 0. The number of benzene rings is 2. The molecule has 8 nitrogen and oxygen atoms in total. The number of carbonyl (C=O) groups excluding carboxylic acids is 1. The van der Waals surface area contributed by atoms with E-state index in [0.29, 0.717) is 23.1 Å². The van der Waals surface area contributed by atoms with E-state index in [1.165, 1.54) is 24.3 Å². The minimum Gasteiger partial charge on any atom is -0.352 e. The zero-order valence-corrected chi connectivity index (χ0v) is 16.9. The molecule has 2 aromatic carbocycles. The molecular weight excluding hydrogens is 449 g/mol. The molecule has 12 heteroatoms. The normalized spacial score (nSPS) is 11.5. The van der Waals surface area contributed by atoms with E-state index in [1.807, 2.05) is 0 Å². The molecule has 0 aliphatic rings. The minimum absolute atomic E-state index is 0.222. The van der Waals surface area contributed by atoms with Crippen LogP contribution in [-0.4, -0.2) is 37.8 Å². The molecule has 4 rings (SSSR count). The molecule has 0 aliphatic heterocycles. The Hall–Kier alpha value is -3.73. The lowest BCUT2D eigenvalue weighted by Crippen LogP contribution is -2.26. The van der Waals surface area contributed by atoms with Crippen LogP contribution in [0.5, 0.6) is 0 Å². The fourth-order valence-corrected chi connectivity index (χ4v) is 2.91. The number of nitrogens with one attached hydrogen (secondary N) is 2. The van der Waals surface area contributed by atoms with E-state index >= 15 is 0 Å². The first-order valence-corrected chi connectivity index (χ1v) is 9.64. The Morgan fingerprint density at radius 3 is 2.56 bits per heavy atom. The van der Waals surface area contributed by atoms with E-state index in [-0.39, 0.29) is 23.5 Å². The van der Waals surface area contributed by atoms with Gasteiger partial charge in [-0.1, -0.05) is 28.9 Å². The van der Waals surface area contributed by atoms with Crippen molar-refractivity contribution in [3.63, 3.8) is 0 Å². The van der Waals surface area contributed by atoms with Gasteiger partial charge in [0.1, 0.15) is 5.82 Å². The Morgan fingerprint density at radius 1 is 1.06 bits per heavy atom. The Bertz CT molecular complexity index is 1240. The van der Waals surface area contributed by atoms with Gasteiger partial charge in [-0.3, -0.25) is 9.89 Å². The van der Waals surface area contributed by atoms with Crippen LogP contribution in [0, 0.1) is 0 Å². The van der Waals surface area contributed by atoms with Crippen molar-refractivity contribution in [3.05, 3.63) is 70.8 Å². The topological polar surface area (TPSA) is 110 Å². The highest BCUT2D eigenvalue weighted by Crippen LogP contribution is 2.29. The van der Waals surface area contributed by atoms with Crippen molar-refractivity contribution in [2.24, 2.45) is 0 Å². The molecule has 0 aliphatic carbocycles. The van der Waals surface area contributed by atoms with Crippen LogP contribution in [0.15, 0.2) is 53.1 Å². The number of rotatable bonds is 6. The van der Waals surface area contributed by atoms with Crippen LogP contribution in [0.3, 0.4) is 0 Å². The zero-order valence-electron chi connectivity index (χ0n) is 16.2. The standard InChI is InChI=1S/C20H14ClF3N6O2/c21-14-6-4-11(5-7-14)16-26-15(28-29-16)8-9-25-18(31)13-3-1-2-12(10-13)17-27-19(32-30-17)20(22,23)24/h1-7,10H,8-9H2,(H,25,31)(H,26,28,29). The summed E-state index contributed by atoms with van der Waals surface area (Å²) < 4.78 is 42.1. The maximum absolute atomic E-state index is 12.6. The molecule has 164 valence electrons. The Kier molecular flexibility index (Phi) is 5.91. The molecule has 2 heterocycles. The third-order valence-corrected chi connectivity index (χ3v) is 4.58. The number of alkyl halides is 3. The van der Waals surface area contributed by atoms with Gasteiger partial charge in [-0.25, -0.2) is 4.98 Å². The lowest BCUT2D eigenvalue weighted by molar-refractivity contribution is -0.159. The van der Waals surface area contributed by atoms with Crippen LogP contribution in [0.4, 0.5) is 13.2 Å². The lowest BCUT2D eigenvalue weighted by Gasteiger charge is -2.05. The first-order valence-electron chi connectivity index (χ1n) is 9.26. The Balaban J connectivity index is 1.36. The highest BCUT2D eigenvalue weighted by molar-refractivity contribution is 6.30. The summed E-state index contributed by atoms with van der Waals surface area (Å²) >= 11 is 5.87. The van der Waals surface area contributed by atoms with Crippen LogP contribution in [0.25, 0.3) is 22.8 Å². The minimum atomic E-state index is -4.74. The fourth-order valence-electron chi connectivity index (χ4n) is 2.79. The maximum atomic E-state index is 12.6. The van der Waals surface area contributed by atoms with Gasteiger partial charge in [0.25, 0.3) is 5.91 Å². The van der Waals surface area contributed by atoms with Crippen LogP contribution < -0.4 is 5.32 Å². The van der Waals surface area contributed by atoms with Crippen LogP contribution in [0.1, 0.15) is 22.1 Å². The van der Waals surface area contributed by atoms with Crippen molar-refractivity contribution >= 4 is 17.5 Å². The van der Waals surface area contributed by atoms with Crippen LogP contribution >= 0.6 is 11.6 Å². The highest BCUT2D eigenvalue weighted by Gasteiger charge is 2.38. The Labute approximate surface area is 183 Å². The smallest absolute Gasteiger partial charge is 0.352 e. The number of aromatic nitrogens is 5. The molecular formula is C20H14ClF3N6O2. The van der Waals surface area contributed by atoms with E-state index in [1.54, 1.807) is 24.3 Å². The first kappa shape index (κ1) is 21.5. The molecule has 1 amide bonds. The number of aromatic amines is 1. The van der Waals surface area contributed by atoms with Crippen LogP contribution in [-0.2, 0) is 12.6 Å². The van der Waals surface area contributed by atoms with Gasteiger partial charge in [0.2, 0.25) is 5.82 Å². The highest BCUT2D eigenvalue weighted by atomic mass is 35.5. The summed E-state index contributed by atoms with van der Waals surface area (Å²) in [6.07, 6.45) is -4.35. The molecule has 0 bridgehead atoms. The number of hydrogen-bond donors (Lipinski definition) is 2. The second-order valence-corrected chi connectivity index (χ2v) is 7.06. The number of H-pyrrole nitrogens is 1. The van der Waals surface area contributed by atoms with E-state index in [0.717, 1.165) is 5.56 Å². The van der Waals surface area contributed by atoms with Crippen LogP contribution in [0.2, 0.25) is 5.02 Å². The van der Waals surface area contributed by atoms with Crippen molar-refractivity contribution in [3.8, 4) is 22.8 Å². The molecule has 0 saturated carbocycles. The number of hydrogen-bond acceptors (Lipinski definition) is 6. The molecule has 0 fully saturated rings. The average molecular weight is 463 g/mol. The van der Waals surface area contributed by atoms with Crippen molar-refractivity contribution in [2.75, 3.05) is 6.54 Å². The van der Waals surface area contributed by atoms with Crippen molar-refractivity contribution < 1.29 is 22.5 Å². The summed E-state index contributed by atoms with van der Waals surface area (Å²) in [5, 5.41) is 13.6. The molecule has 2 N–H and O–H groups in total. The summed E-state index contributed by atoms with van der Waals surface area (Å²) in [5.74, 6) is -1.04. The fraction of sp³-hybridized carbons (Fsp3) is 0.150. The second kappa shape index (κ2) is 8.79. The van der Waals surface area contributed by atoms with Gasteiger partial charge < -0.3 is 9.84 Å². The Morgan fingerprint density at radius 2 is 1.84 bits per heavy atom. The molecule has 0 unspecified atom stereocenters. The van der Waals surface area contributed by atoms with Crippen molar-refractivity contribution in [1.82, 2.24) is 30.6 Å². The largest absolute Gasteiger partial charge is 0.471 e. The molecule has 2 aromatic heterocycles. The van der Waals surface area contributed by atoms with Gasteiger partial charge in [0.05, 0.1) is 0 Å². The summed E-state index contributed by atoms with van der Waals surface area (Å²) in [5.41, 5.74) is 1.26. The van der Waals surface area contributed by atoms with E-state index < -0.39 is 18.0 Å². The third-order valence-electron chi connectivity index (χ3n) is 4.33. The molecule has 0 saturated heterocycles. The van der Waals surface area contributed by atoms with Gasteiger partial charge in [0, 0.05) is 34.7 Å². The number of amides is 1. The second-order valence-electron chi connectivity index (χ2n) is 6.62. The molecule has 32 heavy (non-hydrogen) atoms.